The number of hydrogen-bond donors (Lipinski definition) is 2. The van der Waals surface area contributed by atoms with Crippen molar-refractivity contribution >= 4 is 6.09 Å². The topological polar surface area (TPSA) is 64.4 Å². The highest BCUT2D eigenvalue weighted by atomic mass is 16.6. The summed E-state index contributed by atoms with van der Waals surface area (Å²) < 4.78 is 5.03. The fourth-order valence-electron chi connectivity index (χ4n) is 2.47. The van der Waals surface area contributed by atoms with Gasteiger partial charge in [-0.15, -0.1) is 0 Å². The smallest absolute Gasteiger partial charge is 0.404 e. The molecule has 2 bridgehead atoms. The van der Waals surface area contributed by atoms with Crippen molar-refractivity contribution in [2.24, 2.45) is 5.73 Å². The number of piperidine rings is 2. The van der Waals surface area contributed by atoms with Gasteiger partial charge < -0.3 is 15.8 Å². The molecular weight excluding hydrogens is 168 g/mol. The molecule has 0 aromatic carbocycles. The molecule has 0 saturated carbocycles. The molecule has 2 aliphatic rings. The molecule has 2 rings (SSSR count). The predicted octanol–water partition coefficient (Wildman–Crippen LogP) is 0.755. The van der Waals surface area contributed by atoms with E-state index in [0.29, 0.717) is 12.1 Å². The van der Waals surface area contributed by atoms with E-state index in [1.54, 1.807) is 0 Å². The minimum absolute atomic E-state index is 0.0500. The zero-order chi connectivity index (χ0) is 9.26. The fraction of sp³-hybridized carbons (Fsp3) is 0.889. The summed E-state index contributed by atoms with van der Waals surface area (Å²) in [7, 11) is 0. The highest BCUT2D eigenvalue weighted by Crippen LogP contribution is 2.27. The van der Waals surface area contributed by atoms with Gasteiger partial charge in [-0.05, 0) is 25.7 Å². The van der Waals surface area contributed by atoms with E-state index in [1.807, 2.05) is 0 Å². The summed E-state index contributed by atoms with van der Waals surface area (Å²) in [4.78, 5) is 10.6. The van der Waals surface area contributed by atoms with E-state index in [1.165, 1.54) is 19.3 Å². The van der Waals surface area contributed by atoms with Crippen LogP contribution in [0.4, 0.5) is 4.79 Å². The maximum atomic E-state index is 10.6. The first-order valence-electron chi connectivity index (χ1n) is 4.96. The Morgan fingerprint density at radius 1 is 1.31 bits per heavy atom. The number of carbonyl (C=O) groups excluding carboxylic acids is 1. The maximum Gasteiger partial charge on any atom is 0.404 e. The molecule has 0 radical (unpaired) electrons. The SMILES string of the molecule is NC(=O)OC1CC2CCCC(C1)N2. The van der Waals surface area contributed by atoms with E-state index in [2.05, 4.69) is 5.32 Å². The van der Waals surface area contributed by atoms with Gasteiger partial charge in [-0.3, -0.25) is 0 Å². The summed E-state index contributed by atoms with van der Waals surface area (Å²) in [5.74, 6) is 0. The predicted molar refractivity (Wildman–Crippen MR) is 48.3 cm³/mol. The number of rotatable bonds is 1. The van der Waals surface area contributed by atoms with Crippen molar-refractivity contribution in [1.29, 1.82) is 0 Å². The molecule has 2 unspecified atom stereocenters. The number of ether oxygens (including phenoxy) is 1. The molecule has 0 aliphatic carbocycles. The number of hydrogen-bond acceptors (Lipinski definition) is 3. The second-order valence-electron chi connectivity index (χ2n) is 4.02. The average molecular weight is 184 g/mol. The molecule has 4 nitrogen and oxygen atoms in total. The van der Waals surface area contributed by atoms with Gasteiger partial charge in [0.1, 0.15) is 6.10 Å². The van der Waals surface area contributed by atoms with Crippen molar-refractivity contribution < 1.29 is 9.53 Å². The number of carbonyl (C=O) groups is 1. The lowest BCUT2D eigenvalue weighted by atomic mass is 9.85. The Morgan fingerprint density at radius 3 is 2.46 bits per heavy atom. The normalized spacial score (nSPS) is 38.3. The van der Waals surface area contributed by atoms with E-state index < -0.39 is 6.09 Å². The summed E-state index contributed by atoms with van der Waals surface area (Å²) >= 11 is 0. The summed E-state index contributed by atoms with van der Waals surface area (Å²) in [5.41, 5.74) is 4.99. The average Bonchev–Trinajstić information content (AvgIpc) is 2.01. The van der Waals surface area contributed by atoms with Crippen molar-refractivity contribution in [2.45, 2.75) is 50.3 Å². The van der Waals surface area contributed by atoms with Crippen molar-refractivity contribution in [2.75, 3.05) is 0 Å². The Labute approximate surface area is 77.8 Å². The first kappa shape index (κ1) is 8.81. The molecule has 3 N–H and O–H groups in total. The molecule has 2 heterocycles. The molecule has 0 spiro atoms. The van der Waals surface area contributed by atoms with Crippen LogP contribution in [-0.4, -0.2) is 24.3 Å². The quantitative estimate of drug-likeness (QED) is 0.632. The summed E-state index contributed by atoms with van der Waals surface area (Å²) in [5, 5.41) is 3.52. The lowest BCUT2D eigenvalue weighted by molar-refractivity contribution is 0.0494. The third kappa shape index (κ3) is 2.12. The molecule has 2 fully saturated rings. The molecular formula is C9H16N2O2. The van der Waals surface area contributed by atoms with Crippen LogP contribution in [0.2, 0.25) is 0 Å². The van der Waals surface area contributed by atoms with Gasteiger partial charge in [0.15, 0.2) is 0 Å². The first-order valence-corrected chi connectivity index (χ1v) is 4.96. The minimum atomic E-state index is -0.634. The molecule has 0 aromatic rings. The largest absolute Gasteiger partial charge is 0.446 e. The number of fused-ring (bicyclic) bond motifs is 2. The molecule has 4 heteroatoms. The van der Waals surface area contributed by atoms with Gasteiger partial charge in [0.05, 0.1) is 0 Å². The van der Waals surface area contributed by atoms with Gasteiger partial charge in [-0.25, -0.2) is 4.79 Å². The zero-order valence-corrected chi connectivity index (χ0v) is 7.66. The Balaban J connectivity index is 1.90. The molecule has 2 saturated heterocycles. The van der Waals surface area contributed by atoms with Gasteiger partial charge in [0.2, 0.25) is 0 Å². The maximum absolute atomic E-state index is 10.6. The zero-order valence-electron chi connectivity index (χ0n) is 7.66. The van der Waals surface area contributed by atoms with E-state index in [4.69, 9.17) is 10.5 Å². The van der Waals surface area contributed by atoms with Crippen LogP contribution >= 0.6 is 0 Å². The van der Waals surface area contributed by atoms with Crippen molar-refractivity contribution in [1.82, 2.24) is 5.32 Å². The lowest BCUT2D eigenvalue weighted by Crippen LogP contribution is -2.51. The highest BCUT2D eigenvalue weighted by molar-refractivity contribution is 5.64. The first-order chi connectivity index (χ1) is 6.24. The van der Waals surface area contributed by atoms with Crippen LogP contribution in [0.5, 0.6) is 0 Å². The van der Waals surface area contributed by atoms with Crippen molar-refractivity contribution in [3.05, 3.63) is 0 Å². The molecule has 2 aliphatic heterocycles. The van der Waals surface area contributed by atoms with Gasteiger partial charge in [0, 0.05) is 12.1 Å². The Hall–Kier alpha value is -0.770. The standard InChI is InChI=1S/C9H16N2O2/c10-9(12)13-8-4-6-2-1-3-7(5-8)11-6/h6-8,11H,1-5H2,(H2,10,12). The number of primary amides is 1. The van der Waals surface area contributed by atoms with Crippen molar-refractivity contribution in [3.63, 3.8) is 0 Å². The van der Waals surface area contributed by atoms with Crippen LogP contribution in [0.15, 0.2) is 0 Å². The molecule has 74 valence electrons. The minimum Gasteiger partial charge on any atom is -0.446 e. The van der Waals surface area contributed by atoms with Gasteiger partial charge in [-0.1, -0.05) is 6.42 Å². The molecule has 1 amide bonds. The third-order valence-corrected chi connectivity index (χ3v) is 2.95. The lowest BCUT2D eigenvalue weighted by Gasteiger charge is -2.39. The third-order valence-electron chi connectivity index (χ3n) is 2.95. The molecule has 13 heavy (non-hydrogen) atoms. The van der Waals surface area contributed by atoms with E-state index >= 15 is 0 Å². The van der Waals surface area contributed by atoms with Gasteiger partial charge >= 0.3 is 6.09 Å². The Kier molecular flexibility index (Phi) is 2.40. The van der Waals surface area contributed by atoms with Gasteiger partial charge in [-0.2, -0.15) is 0 Å². The number of nitrogens with two attached hydrogens (primary N) is 1. The van der Waals surface area contributed by atoms with Crippen LogP contribution in [-0.2, 0) is 4.74 Å². The number of nitrogens with one attached hydrogen (secondary N) is 1. The summed E-state index contributed by atoms with van der Waals surface area (Å²) in [6.07, 6.45) is 4.98. The Bertz CT molecular complexity index is 196. The monoisotopic (exact) mass is 184 g/mol. The van der Waals surface area contributed by atoms with Crippen LogP contribution in [0.25, 0.3) is 0 Å². The highest BCUT2D eigenvalue weighted by Gasteiger charge is 2.32. The van der Waals surface area contributed by atoms with Gasteiger partial charge in [0.25, 0.3) is 0 Å². The van der Waals surface area contributed by atoms with Crippen LogP contribution in [0, 0.1) is 0 Å². The second kappa shape index (κ2) is 3.54. The molecule has 2 atom stereocenters. The summed E-state index contributed by atoms with van der Waals surface area (Å²) in [6.45, 7) is 0. The fourth-order valence-corrected chi connectivity index (χ4v) is 2.47. The summed E-state index contributed by atoms with van der Waals surface area (Å²) in [6, 6.07) is 1.08. The van der Waals surface area contributed by atoms with E-state index in [0.717, 1.165) is 12.8 Å². The van der Waals surface area contributed by atoms with E-state index in [9.17, 15) is 4.79 Å². The van der Waals surface area contributed by atoms with Crippen LogP contribution in [0.1, 0.15) is 32.1 Å². The van der Waals surface area contributed by atoms with E-state index in [-0.39, 0.29) is 6.10 Å². The number of amides is 1. The Morgan fingerprint density at radius 2 is 1.92 bits per heavy atom. The molecule has 0 aromatic heterocycles. The second-order valence-corrected chi connectivity index (χ2v) is 4.02. The van der Waals surface area contributed by atoms with Crippen molar-refractivity contribution in [3.8, 4) is 0 Å². The van der Waals surface area contributed by atoms with Crippen LogP contribution in [0.3, 0.4) is 0 Å². The van der Waals surface area contributed by atoms with Crippen LogP contribution < -0.4 is 11.1 Å².